The van der Waals surface area contributed by atoms with E-state index in [1.165, 1.54) is 38.5 Å². The Hall–Kier alpha value is -1.71. The van der Waals surface area contributed by atoms with Crippen molar-refractivity contribution in [3.8, 4) is 0 Å². The van der Waals surface area contributed by atoms with E-state index in [4.69, 9.17) is 9.47 Å². The lowest BCUT2D eigenvalue weighted by Crippen LogP contribution is -2.67. The molecular weight excluding hydrogens is 715 g/mol. The largest absolute Gasteiger partial charge is 0.481 e. The number of aliphatic carboxylic acids is 1. The van der Waals surface area contributed by atoms with Gasteiger partial charge in [-0.2, -0.15) is 0 Å². The highest BCUT2D eigenvalue weighted by atomic mass is 16.5. The monoisotopic (exact) mass is 794 g/mol. The summed E-state index contributed by atoms with van der Waals surface area (Å²) in [6.45, 7) is 26.5. The van der Waals surface area contributed by atoms with Gasteiger partial charge in [0.15, 0.2) is 0 Å². The molecule has 1 heterocycles. The lowest BCUT2D eigenvalue weighted by Gasteiger charge is -2.73. The number of nitrogens with one attached hydrogen (secondary N) is 2. The van der Waals surface area contributed by atoms with Gasteiger partial charge in [0.2, 0.25) is 5.91 Å². The van der Waals surface area contributed by atoms with Gasteiger partial charge in [0, 0.05) is 31.6 Å². The van der Waals surface area contributed by atoms with Crippen LogP contribution in [0.25, 0.3) is 0 Å². The highest BCUT2D eigenvalue weighted by molar-refractivity contribution is 5.84. The highest BCUT2D eigenvalue weighted by Gasteiger charge is 2.73. The summed E-state index contributed by atoms with van der Waals surface area (Å²) in [5.41, 5.74) is -0.00846. The van der Waals surface area contributed by atoms with Crippen molar-refractivity contribution < 1.29 is 29.0 Å². The van der Waals surface area contributed by atoms with Crippen LogP contribution in [0.1, 0.15) is 145 Å². The summed E-state index contributed by atoms with van der Waals surface area (Å²) >= 11 is 0. The number of hydrogen-bond acceptors (Lipinski definition) is 7. The standard InChI is InChI=1S/C48H79N3O6/c1-42(2)33(39(52)53)30-34(42)40(54)57-37-14-15-45(6)35(43(37,3)4)13-16-47(8)36(45)11-10-32-38-31(44(5)18-19-44)12-17-48(38,21-20-46(32,47)7)41(55)50-24-23-49-22-9-25-51-26-28-56-29-27-51/h31-38,49H,9-30H2,1-8H3,(H,50,55)(H,52,53)/t31-,32-,33+,34-,35?,36?,37+,38?,45+,46-,47-,48?/m1/s1. The van der Waals surface area contributed by atoms with Crippen LogP contribution in [0.4, 0.5) is 0 Å². The van der Waals surface area contributed by atoms with Crippen LogP contribution in [-0.2, 0) is 23.9 Å². The molecule has 0 radical (unpaired) electrons. The number of hydrogen-bond donors (Lipinski definition) is 3. The van der Waals surface area contributed by atoms with Crippen molar-refractivity contribution >= 4 is 17.8 Å². The lowest BCUT2D eigenvalue weighted by molar-refractivity contribution is -0.252. The van der Waals surface area contributed by atoms with E-state index >= 15 is 0 Å². The molecule has 0 bridgehead atoms. The third-order valence-electron chi connectivity index (χ3n) is 20.4. The number of amides is 1. The number of rotatable bonds is 12. The summed E-state index contributed by atoms with van der Waals surface area (Å²) < 4.78 is 12.0. The Morgan fingerprint density at radius 1 is 0.719 bits per heavy atom. The number of nitrogens with zero attached hydrogens (tertiary/aromatic N) is 1. The van der Waals surface area contributed by atoms with E-state index in [9.17, 15) is 19.5 Å². The summed E-state index contributed by atoms with van der Waals surface area (Å²) in [6, 6.07) is 0. The van der Waals surface area contributed by atoms with E-state index < -0.39 is 17.3 Å². The number of ether oxygens (including phenoxy) is 2. The van der Waals surface area contributed by atoms with Gasteiger partial charge in [0.25, 0.3) is 0 Å². The third-order valence-corrected chi connectivity index (χ3v) is 20.4. The second kappa shape index (κ2) is 14.7. The number of carboxylic acid groups (broad SMARTS) is 1. The Kier molecular flexibility index (Phi) is 10.9. The summed E-state index contributed by atoms with van der Waals surface area (Å²) in [5.74, 6) is 1.29. The molecule has 7 aliphatic carbocycles. The van der Waals surface area contributed by atoms with Gasteiger partial charge in [0.05, 0.1) is 30.5 Å². The van der Waals surface area contributed by atoms with E-state index in [0.717, 1.165) is 90.9 Å². The molecule has 57 heavy (non-hydrogen) atoms. The van der Waals surface area contributed by atoms with Crippen LogP contribution in [0, 0.1) is 79.3 Å². The van der Waals surface area contributed by atoms with Crippen LogP contribution in [0.3, 0.4) is 0 Å². The molecule has 0 spiro atoms. The van der Waals surface area contributed by atoms with Crippen LogP contribution in [0.15, 0.2) is 0 Å². The number of carboxylic acids is 1. The Labute approximate surface area is 344 Å². The zero-order chi connectivity index (χ0) is 40.8. The molecule has 8 fully saturated rings. The van der Waals surface area contributed by atoms with Crippen molar-refractivity contribution in [2.75, 3.05) is 52.5 Å². The molecule has 1 amide bonds. The van der Waals surface area contributed by atoms with Gasteiger partial charge < -0.3 is 25.2 Å². The summed E-state index contributed by atoms with van der Waals surface area (Å²) in [4.78, 5) is 42.6. The van der Waals surface area contributed by atoms with Crippen LogP contribution >= 0.6 is 0 Å². The fourth-order valence-corrected chi connectivity index (χ4v) is 16.3. The molecule has 0 aromatic rings. The molecule has 8 rings (SSSR count). The van der Waals surface area contributed by atoms with Gasteiger partial charge in [-0.15, -0.1) is 0 Å². The quantitative estimate of drug-likeness (QED) is 0.135. The second-order valence-electron chi connectivity index (χ2n) is 23.2. The molecule has 9 nitrogen and oxygen atoms in total. The van der Waals surface area contributed by atoms with E-state index in [0.29, 0.717) is 53.9 Å². The van der Waals surface area contributed by atoms with Gasteiger partial charge in [-0.05, 0) is 160 Å². The molecule has 12 atom stereocenters. The van der Waals surface area contributed by atoms with Gasteiger partial charge in [-0.3, -0.25) is 19.3 Å². The average molecular weight is 794 g/mol. The van der Waals surface area contributed by atoms with Crippen molar-refractivity contribution in [1.82, 2.24) is 15.5 Å². The van der Waals surface area contributed by atoms with Crippen LogP contribution in [0.2, 0.25) is 0 Å². The van der Waals surface area contributed by atoms with Gasteiger partial charge in [-0.25, -0.2) is 0 Å². The van der Waals surface area contributed by atoms with Gasteiger partial charge in [0.1, 0.15) is 6.10 Å². The molecule has 8 aliphatic rings. The van der Waals surface area contributed by atoms with Gasteiger partial charge >= 0.3 is 11.9 Å². The maximum atomic E-state index is 14.7. The minimum absolute atomic E-state index is 0.142. The summed E-state index contributed by atoms with van der Waals surface area (Å²) in [7, 11) is 0. The Bertz CT molecular complexity index is 1550. The fourth-order valence-electron chi connectivity index (χ4n) is 16.3. The molecular formula is C48H79N3O6. The minimum Gasteiger partial charge on any atom is -0.481 e. The molecule has 1 saturated heterocycles. The molecule has 322 valence electrons. The Morgan fingerprint density at radius 2 is 1.46 bits per heavy atom. The molecule has 9 heteroatoms. The zero-order valence-electron chi connectivity index (χ0n) is 37.1. The molecule has 0 aromatic carbocycles. The smallest absolute Gasteiger partial charge is 0.309 e. The van der Waals surface area contributed by atoms with Crippen molar-refractivity contribution in [3.05, 3.63) is 0 Å². The predicted octanol–water partition coefficient (Wildman–Crippen LogP) is 7.95. The molecule has 4 unspecified atom stereocenters. The van der Waals surface area contributed by atoms with E-state index in [1.807, 2.05) is 13.8 Å². The predicted molar refractivity (Wildman–Crippen MR) is 222 cm³/mol. The van der Waals surface area contributed by atoms with E-state index in [-0.39, 0.29) is 45.1 Å². The molecule has 0 aromatic heterocycles. The highest BCUT2D eigenvalue weighted by Crippen LogP contribution is 2.79. The van der Waals surface area contributed by atoms with E-state index in [2.05, 4.69) is 57.1 Å². The first-order chi connectivity index (χ1) is 26.9. The first-order valence-corrected chi connectivity index (χ1v) is 23.6. The van der Waals surface area contributed by atoms with Crippen LogP contribution in [0.5, 0.6) is 0 Å². The molecule has 1 aliphatic heterocycles. The number of morpholine rings is 1. The summed E-state index contributed by atoms with van der Waals surface area (Å²) in [6.07, 6.45) is 15.2. The maximum absolute atomic E-state index is 14.7. The van der Waals surface area contributed by atoms with Gasteiger partial charge in [-0.1, -0.05) is 55.4 Å². The van der Waals surface area contributed by atoms with E-state index in [1.54, 1.807) is 0 Å². The van der Waals surface area contributed by atoms with Crippen LogP contribution < -0.4 is 10.6 Å². The van der Waals surface area contributed by atoms with Crippen molar-refractivity contribution in [3.63, 3.8) is 0 Å². The van der Waals surface area contributed by atoms with Crippen LogP contribution in [-0.4, -0.2) is 86.4 Å². The molecule has 7 saturated carbocycles. The first-order valence-electron chi connectivity index (χ1n) is 23.6. The number of carbonyl (C=O) groups is 3. The fraction of sp³-hybridized carbons (Fsp3) is 0.938. The Balaban J connectivity index is 0.948. The van der Waals surface area contributed by atoms with Crippen molar-refractivity contribution in [2.24, 2.45) is 79.3 Å². The molecule has 3 N–H and O–H groups in total. The number of esters is 1. The third kappa shape index (κ3) is 6.57. The first kappa shape index (κ1) is 42.0. The lowest BCUT2D eigenvalue weighted by atomic mass is 9.32. The summed E-state index contributed by atoms with van der Waals surface area (Å²) in [5, 5.41) is 16.8. The topological polar surface area (TPSA) is 117 Å². The number of fused-ring (bicyclic) bond motifs is 7. The minimum atomic E-state index is -0.808. The Morgan fingerprint density at radius 3 is 2.14 bits per heavy atom. The SMILES string of the molecule is CC1([C@@H]2CCC3(C(=O)NCCNCCCN4CCOCC4)CC[C@]4(C)[C@H](CCC5[C@@]6(C)CC[C@H](OC(=O)[C@H]7C[C@@H](C(=O)O)C7(C)C)C(C)(C)C6CC[C@]54C)C23)CC1. The number of carbonyl (C=O) groups excluding carboxylic acids is 2. The maximum Gasteiger partial charge on any atom is 0.309 e. The second-order valence-corrected chi connectivity index (χ2v) is 23.2. The van der Waals surface area contributed by atoms with Crippen molar-refractivity contribution in [2.45, 2.75) is 151 Å². The average Bonchev–Trinajstić information content (AvgIpc) is 3.77. The zero-order valence-corrected chi connectivity index (χ0v) is 37.1. The van der Waals surface area contributed by atoms with Crippen molar-refractivity contribution in [1.29, 1.82) is 0 Å². The normalized spacial score (nSPS) is 45.3.